The molecule has 0 fully saturated rings. The van der Waals surface area contributed by atoms with Gasteiger partial charge in [0.15, 0.2) is 0 Å². The van der Waals surface area contributed by atoms with Crippen LogP contribution in [0.4, 0.5) is 0 Å². The van der Waals surface area contributed by atoms with E-state index in [0.717, 1.165) is 6.92 Å². The fourth-order valence-corrected chi connectivity index (χ4v) is 9.22. The molecule has 0 aliphatic carbocycles. The molecule has 12 atom stereocenters. The van der Waals surface area contributed by atoms with Crippen LogP contribution in [0.15, 0.2) is 12.5 Å². The second kappa shape index (κ2) is 46.0. The Hall–Kier alpha value is -8.24. The molecule has 0 spiro atoms. The molecule has 0 aliphatic rings. The molecule has 1 heterocycles. The first kappa shape index (κ1) is 84.8. The number of hydrogen-bond donors (Lipinski definition) is 23. The van der Waals surface area contributed by atoms with Gasteiger partial charge in [-0.05, 0) is 104 Å². The third kappa shape index (κ3) is 33.6. The maximum Gasteiger partial charge on any atom is 0.326 e. The highest BCUT2D eigenvalue weighted by Gasteiger charge is 2.37. The van der Waals surface area contributed by atoms with Crippen molar-refractivity contribution in [2.24, 2.45) is 34.6 Å². The van der Waals surface area contributed by atoms with Gasteiger partial charge in [-0.25, -0.2) is 9.78 Å². The van der Waals surface area contributed by atoms with Gasteiger partial charge >= 0.3 is 11.9 Å². The second-order valence-electron chi connectivity index (χ2n) is 22.6. The van der Waals surface area contributed by atoms with Gasteiger partial charge < -0.3 is 113 Å². The van der Waals surface area contributed by atoms with Crippen LogP contribution in [-0.4, -0.2) is 231 Å². The summed E-state index contributed by atoms with van der Waals surface area (Å²) in [5, 5.41) is 58.6. The minimum Gasteiger partial charge on any atom is -0.481 e. The standard InChI is InChI=1S/C56H97N19O18S2/c1-28(2)44(54(90)70-35(15-17-43(80)81)49(85)69-33(12-6-9-19-58)48(84)64-23-41(78)63-24-42(79)67-36(56(92)93)13-7-10-20-59)74-55(91)45(30(4)76)75-51(87)37(21-31-22-62-27-65-31)71-53(89)39(26-95)73-50(86)34(14-16-40(61)77)68-46(82)29(3)66-52(88)38(25-94)72-47(83)32(60)11-5-8-18-57/h22,27-30,32-39,44-45,76,94-95H,5-21,23-26,57-60H2,1-4H3,(H2,61,77)(H,62,65)(H,63,78)(H,64,84)(H,66,88)(H,67,79)(H,68,82)(H,69,85)(H,70,90)(H,71,89)(H,72,83)(H,73,86)(H,74,91)(H,75,87)(H,80,81)(H,92,93)/t29-,30+,32-,33-,34-,35-,36-,37-,38-,39-,44-,45-/m0/s1. The lowest BCUT2D eigenvalue weighted by atomic mass is 10.0. The maximum atomic E-state index is 14.2. The van der Waals surface area contributed by atoms with Gasteiger partial charge in [0.05, 0.1) is 31.6 Å². The number of carboxylic acids is 2. The molecule has 0 saturated heterocycles. The lowest BCUT2D eigenvalue weighted by Gasteiger charge is -2.29. The van der Waals surface area contributed by atoms with E-state index in [1.54, 1.807) is 0 Å². The smallest absolute Gasteiger partial charge is 0.326 e. The van der Waals surface area contributed by atoms with Crippen molar-refractivity contribution in [1.82, 2.24) is 73.8 Å². The maximum absolute atomic E-state index is 14.2. The van der Waals surface area contributed by atoms with Gasteiger partial charge in [-0.15, -0.1) is 0 Å². The minimum absolute atomic E-state index is 0.0711. The van der Waals surface area contributed by atoms with Crippen LogP contribution in [-0.2, 0) is 78.3 Å². The quantitative estimate of drug-likeness (QED) is 0.0213. The molecule has 26 N–H and O–H groups in total. The van der Waals surface area contributed by atoms with Crippen molar-refractivity contribution in [2.75, 3.05) is 44.2 Å². The number of rotatable bonds is 49. The van der Waals surface area contributed by atoms with Crippen molar-refractivity contribution >= 4 is 114 Å². The zero-order valence-electron chi connectivity index (χ0n) is 53.7. The molecular weight excluding hydrogens is 1290 g/mol. The summed E-state index contributed by atoms with van der Waals surface area (Å²) in [6.07, 6.45) is 1.36. The fourth-order valence-electron chi connectivity index (χ4n) is 8.71. The highest BCUT2D eigenvalue weighted by Crippen LogP contribution is 2.11. The fraction of sp³-hybridized carbons (Fsp3) is 0.679. The summed E-state index contributed by atoms with van der Waals surface area (Å²) in [6, 6.07) is -16.2. The predicted octanol–water partition coefficient (Wildman–Crippen LogP) is -8.12. The van der Waals surface area contributed by atoms with Gasteiger partial charge in [-0.3, -0.25) is 67.1 Å². The van der Waals surface area contributed by atoms with Crippen LogP contribution in [0.1, 0.15) is 117 Å². The Bertz CT molecular complexity index is 2710. The average molecular weight is 1390 g/mol. The Morgan fingerprint density at radius 2 is 0.926 bits per heavy atom. The number of carbonyl (C=O) groups excluding carboxylic acids is 13. The number of thiol groups is 2. The zero-order chi connectivity index (χ0) is 71.9. The molecule has 95 heavy (non-hydrogen) atoms. The number of aromatic amines is 1. The molecule has 1 rings (SSSR count). The van der Waals surface area contributed by atoms with Crippen LogP contribution in [0.2, 0.25) is 0 Å². The van der Waals surface area contributed by atoms with Crippen LogP contribution >= 0.6 is 25.3 Å². The number of nitrogens with two attached hydrogens (primary N) is 5. The Labute approximate surface area is 560 Å². The molecule has 39 heteroatoms. The number of nitrogens with one attached hydrogen (secondary N) is 13. The molecule has 536 valence electrons. The van der Waals surface area contributed by atoms with Gasteiger partial charge in [0, 0.05) is 42.7 Å². The number of primary amides is 1. The van der Waals surface area contributed by atoms with Crippen molar-refractivity contribution < 1.29 is 87.2 Å². The molecule has 0 saturated carbocycles. The molecule has 1 aromatic rings. The predicted molar refractivity (Wildman–Crippen MR) is 347 cm³/mol. The summed E-state index contributed by atoms with van der Waals surface area (Å²) >= 11 is 8.34. The van der Waals surface area contributed by atoms with E-state index >= 15 is 0 Å². The third-order valence-corrected chi connectivity index (χ3v) is 15.0. The zero-order valence-corrected chi connectivity index (χ0v) is 55.5. The highest BCUT2D eigenvalue weighted by atomic mass is 32.1. The molecule has 0 aliphatic heterocycles. The molecule has 13 amide bonds. The van der Waals surface area contributed by atoms with Gasteiger partial charge in [0.2, 0.25) is 76.8 Å². The Morgan fingerprint density at radius 3 is 1.43 bits per heavy atom. The average Bonchev–Trinajstić information content (AvgIpc) is 1.53. The lowest BCUT2D eigenvalue weighted by Crippen LogP contribution is -2.63. The lowest BCUT2D eigenvalue weighted by molar-refractivity contribution is -0.142. The Morgan fingerprint density at radius 1 is 0.484 bits per heavy atom. The third-order valence-electron chi connectivity index (χ3n) is 14.2. The molecule has 0 unspecified atom stereocenters. The number of unbranched alkanes of at least 4 members (excludes halogenated alkanes) is 3. The number of hydrogen-bond acceptors (Lipinski definition) is 23. The molecule has 1 aromatic heterocycles. The van der Waals surface area contributed by atoms with Gasteiger partial charge in [-0.2, -0.15) is 25.3 Å². The number of aliphatic hydroxyl groups is 1. The van der Waals surface area contributed by atoms with Crippen molar-refractivity contribution in [3.8, 4) is 0 Å². The summed E-state index contributed by atoms with van der Waals surface area (Å²) in [7, 11) is 0. The first-order valence-corrected chi connectivity index (χ1v) is 32.1. The van der Waals surface area contributed by atoms with Gasteiger partial charge in [0.25, 0.3) is 0 Å². The number of amides is 13. The monoisotopic (exact) mass is 1390 g/mol. The number of aliphatic carboxylic acids is 2. The number of H-pyrrole nitrogens is 1. The summed E-state index contributed by atoms with van der Waals surface area (Å²) in [5.41, 5.74) is 28.2. The number of aliphatic hydroxyl groups excluding tert-OH is 1. The van der Waals surface area contributed by atoms with Crippen LogP contribution in [0.3, 0.4) is 0 Å². The van der Waals surface area contributed by atoms with Crippen LogP contribution in [0, 0.1) is 5.92 Å². The Kier molecular flexibility index (Phi) is 41.0. The molecule has 0 bridgehead atoms. The van der Waals surface area contributed by atoms with Crippen molar-refractivity contribution in [3.05, 3.63) is 18.2 Å². The number of carbonyl (C=O) groups is 15. The molecular formula is C56H97N19O18S2. The van der Waals surface area contributed by atoms with Crippen LogP contribution in [0.25, 0.3) is 0 Å². The summed E-state index contributed by atoms with van der Waals surface area (Å²) in [5.74, 6) is -16.6. The van der Waals surface area contributed by atoms with E-state index in [2.05, 4.69) is 99.0 Å². The van der Waals surface area contributed by atoms with Crippen LogP contribution in [0.5, 0.6) is 0 Å². The number of aromatic nitrogens is 2. The van der Waals surface area contributed by atoms with E-state index in [4.69, 9.17) is 28.7 Å². The number of imidazole rings is 1. The Balaban J connectivity index is 3.35. The SMILES string of the molecule is CC(C)[C@H](NC(=O)[C@@H](NC(=O)[C@H](Cc1cnc[nH]1)NC(=O)[C@H](CS)NC(=O)[C@H](CCC(N)=O)NC(=O)[C@H](C)NC(=O)[C@H](CS)NC(=O)[C@@H](N)CCCCN)[C@@H](C)O)C(=O)N[C@@H](CCC(=O)O)C(=O)N[C@@H](CCCCN)C(=O)NCC(=O)NCC(=O)N[C@@H](CCCCN)C(=O)O. The molecule has 0 radical (unpaired) electrons. The number of carboxylic acid groups (broad SMARTS) is 2. The van der Waals surface area contributed by atoms with E-state index < -0.39 is 212 Å². The summed E-state index contributed by atoms with van der Waals surface area (Å²) < 4.78 is 0. The first-order chi connectivity index (χ1) is 44.8. The van der Waals surface area contributed by atoms with Crippen molar-refractivity contribution in [2.45, 2.75) is 190 Å². The number of nitrogens with zero attached hydrogens (tertiary/aromatic N) is 1. The topological polar surface area (TPSA) is 620 Å². The first-order valence-electron chi connectivity index (χ1n) is 30.9. The van der Waals surface area contributed by atoms with E-state index in [1.165, 1.54) is 33.3 Å². The molecule has 0 aromatic carbocycles. The normalized spacial score (nSPS) is 14.9. The van der Waals surface area contributed by atoms with E-state index in [0.29, 0.717) is 45.2 Å². The van der Waals surface area contributed by atoms with E-state index in [9.17, 15) is 87.2 Å². The van der Waals surface area contributed by atoms with Crippen molar-refractivity contribution in [1.29, 1.82) is 0 Å². The van der Waals surface area contributed by atoms with Crippen LogP contribution < -0.4 is 92.5 Å². The summed E-state index contributed by atoms with van der Waals surface area (Å²) in [4.78, 5) is 204. The molecule has 37 nitrogen and oxygen atoms in total. The highest BCUT2D eigenvalue weighted by molar-refractivity contribution is 7.80. The van der Waals surface area contributed by atoms with Gasteiger partial charge in [-0.1, -0.05) is 20.3 Å². The largest absolute Gasteiger partial charge is 0.481 e. The van der Waals surface area contributed by atoms with E-state index in [-0.39, 0.29) is 50.1 Å². The second-order valence-corrected chi connectivity index (χ2v) is 23.3. The van der Waals surface area contributed by atoms with E-state index in [1.807, 2.05) is 0 Å². The van der Waals surface area contributed by atoms with Crippen molar-refractivity contribution in [3.63, 3.8) is 0 Å². The van der Waals surface area contributed by atoms with Gasteiger partial charge in [0.1, 0.15) is 60.4 Å². The minimum atomic E-state index is -1.89. The summed E-state index contributed by atoms with van der Waals surface area (Å²) in [6.45, 7) is 4.83.